The summed E-state index contributed by atoms with van der Waals surface area (Å²) in [6, 6.07) is 1.79. The van der Waals surface area contributed by atoms with Gasteiger partial charge in [0.15, 0.2) is 5.78 Å². The van der Waals surface area contributed by atoms with Gasteiger partial charge in [-0.1, -0.05) is 0 Å². The molecule has 3 aromatic rings. The van der Waals surface area contributed by atoms with Crippen molar-refractivity contribution in [3.05, 3.63) is 52.0 Å². The van der Waals surface area contributed by atoms with Gasteiger partial charge in [-0.3, -0.25) is 19.1 Å². The van der Waals surface area contributed by atoms with E-state index in [0.717, 1.165) is 5.56 Å². The van der Waals surface area contributed by atoms with Gasteiger partial charge in [-0.05, 0) is 37.8 Å². The van der Waals surface area contributed by atoms with Crippen molar-refractivity contribution in [3.8, 4) is 0 Å². The largest absolute Gasteiger partial charge is 0.343 e. The van der Waals surface area contributed by atoms with Crippen molar-refractivity contribution in [3.63, 3.8) is 0 Å². The van der Waals surface area contributed by atoms with Crippen LogP contribution in [0.2, 0.25) is 0 Å². The third-order valence-electron chi connectivity index (χ3n) is 5.67. The van der Waals surface area contributed by atoms with Crippen molar-refractivity contribution in [1.29, 1.82) is 0 Å². The number of nitrogens with one attached hydrogen (secondary N) is 1. The molecule has 0 atom stereocenters. The number of ketones is 1. The molecule has 0 radical (unpaired) electrons. The summed E-state index contributed by atoms with van der Waals surface area (Å²) in [6.07, 6.45) is 8.06. The number of hydrogen-bond donors (Lipinski definition) is 1. The van der Waals surface area contributed by atoms with E-state index in [-0.39, 0.29) is 23.2 Å². The Morgan fingerprint density at radius 3 is 2.70 bits per heavy atom. The molecule has 1 N–H and O–H groups in total. The Labute approximate surface area is 173 Å². The van der Waals surface area contributed by atoms with Crippen LogP contribution in [0, 0.1) is 12.8 Å². The van der Waals surface area contributed by atoms with Gasteiger partial charge in [-0.15, -0.1) is 0 Å². The number of carbonyl (C=O) groups excluding carboxylic acids is 2. The molecule has 1 aliphatic heterocycles. The van der Waals surface area contributed by atoms with E-state index in [0.29, 0.717) is 62.1 Å². The molecule has 0 saturated carbocycles. The molecule has 30 heavy (non-hydrogen) atoms. The van der Waals surface area contributed by atoms with Crippen LogP contribution in [0.4, 0.5) is 0 Å². The van der Waals surface area contributed by atoms with Gasteiger partial charge in [-0.2, -0.15) is 10.2 Å². The molecule has 4 heterocycles. The third-order valence-corrected chi connectivity index (χ3v) is 5.67. The molecule has 9 heteroatoms. The molecule has 3 aromatic heterocycles. The van der Waals surface area contributed by atoms with Crippen LogP contribution in [0.15, 0.2) is 29.5 Å². The van der Waals surface area contributed by atoms with Crippen LogP contribution in [-0.4, -0.2) is 54.1 Å². The maximum atomic E-state index is 12.6. The molecule has 0 unspecified atom stereocenters. The first-order chi connectivity index (χ1) is 14.4. The molecule has 1 amide bonds. The highest BCUT2D eigenvalue weighted by molar-refractivity contribution is 5.97. The van der Waals surface area contributed by atoms with E-state index in [1.54, 1.807) is 34.7 Å². The zero-order valence-corrected chi connectivity index (χ0v) is 17.3. The number of likely N-dealkylation sites (tertiary alicyclic amines) is 1. The van der Waals surface area contributed by atoms with E-state index in [4.69, 9.17) is 0 Å². The minimum absolute atomic E-state index is 0.0516. The highest BCUT2D eigenvalue weighted by Gasteiger charge is 2.28. The molecule has 158 valence electrons. The molecular formula is C21H26N6O3. The number of Topliss-reactive ketones (excluding diaryl/α,β-unsaturated/α-hetero) is 1. The molecular weight excluding hydrogens is 384 g/mol. The lowest BCUT2D eigenvalue weighted by Crippen LogP contribution is -2.40. The molecule has 4 rings (SSSR count). The fraction of sp³-hybridized carbons (Fsp3) is 0.476. The second-order valence-corrected chi connectivity index (χ2v) is 8.02. The highest BCUT2D eigenvalue weighted by Crippen LogP contribution is 2.22. The van der Waals surface area contributed by atoms with Crippen LogP contribution in [-0.2, 0) is 18.3 Å². The molecule has 0 aromatic carbocycles. The van der Waals surface area contributed by atoms with E-state index in [9.17, 15) is 14.4 Å². The number of amides is 1. The van der Waals surface area contributed by atoms with Crippen molar-refractivity contribution >= 4 is 17.2 Å². The smallest absolute Gasteiger partial charge is 0.275 e. The van der Waals surface area contributed by atoms with Crippen molar-refractivity contribution in [1.82, 2.24) is 29.3 Å². The van der Waals surface area contributed by atoms with E-state index < -0.39 is 0 Å². The van der Waals surface area contributed by atoms with Crippen molar-refractivity contribution in [2.45, 2.75) is 39.0 Å². The summed E-state index contributed by atoms with van der Waals surface area (Å²) in [7, 11) is 1.79. The van der Waals surface area contributed by atoms with Gasteiger partial charge in [0.2, 0.25) is 5.91 Å². The number of aromatic nitrogens is 5. The molecule has 0 bridgehead atoms. The highest BCUT2D eigenvalue weighted by atomic mass is 16.2. The summed E-state index contributed by atoms with van der Waals surface area (Å²) in [5.74, 6) is 0.726. The lowest BCUT2D eigenvalue weighted by molar-refractivity contribution is -0.132. The lowest BCUT2D eigenvalue weighted by atomic mass is 9.90. The first-order valence-electron chi connectivity index (χ1n) is 10.3. The number of rotatable bonds is 6. The Bertz CT molecular complexity index is 1130. The van der Waals surface area contributed by atoms with Gasteiger partial charge in [-0.25, -0.2) is 4.52 Å². The van der Waals surface area contributed by atoms with Crippen LogP contribution < -0.4 is 5.56 Å². The van der Waals surface area contributed by atoms with E-state index in [1.807, 2.05) is 18.0 Å². The van der Waals surface area contributed by atoms with E-state index in [1.165, 1.54) is 0 Å². The quantitative estimate of drug-likeness (QED) is 0.620. The number of carbonyl (C=O) groups is 2. The molecule has 1 aliphatic rings. The zero-order valence-electron chi connectivity index (χ0n) is 17.3. The van der Waals surface area contributed by atoms with Crippen molar-refractivity contribution < 1.29 is 9.59 Å². The maximum Gasteiger partial charge on any atom is 0.275 e. The Balaban J connectivity index is 1.26. The number of fused-ring (bicyclic) bond motifs is 1. The summed E-state index contributed by atoms with van der Waals surface area (Å²) in [5.41, 5.74) is 1.97. The van der Waals surface area contributed by atoms with Gasteiger partial charge < -0.3 is 9.88 Å². The summed E-state index contributed by atoms with van der Waals surface area (Å²) < 4.78 is 3.22. The predicted molar refractivity (Wildman–Crippen MR) is 110 cm³/mol. The number of aromatic amines is 1. The van der Waals surface area contributed by atoms with Gasteiger partial charge in [0, 0.05) is 51.3 Å². The number of H-pyrrole nitrogens is 1. The number of aryl methyl sites for hydroxylation is 3. The SMILES string of the molecule is Cc1cc2c(=O)[nH]c(CCCC(=O)N3CCC(C(=O)c4cnn(C)c4)CC3)nn2c1. The third kappa shape index (κ3) is 4.19. The lowest BCUT2D eigenvalue weighted by Gasteiger charge is -2.31. The fourth-order valence-corrected chi connectivity index (χ4v) is 4.04. The van der Waals surface area contributed by atoms with Crippen LogP contribution in [0.5, 0.6) is 0 Å². The molecule has 0 spiro atoms. The van der Waals surface area contributed by atoms with Gasteiger partial charge in [0.25, 0.3) is 5.56 Å². The van der Waals surface area contributed by atoms with Crippen LogP contribution in [0.1, 0.15) is 47.4 Å². The number of hydrogen-bond acceptors (Lipinski definition) is 5. The first kappa shape index (κ1) is 20.1. The standard InChI is InChI=1S/C21H26N6O3/c1-14-10-17-21(30)23-18(24-27(17)12-14)4-3-5-19(28)26-8-6-15(7-9-26)20(29)16-11-22-25(2)13-16/h10-13,15H,3-9H2,1-2H3,(H,23,24,30). The predicted octanol–water partition coefficient (Wildman–Crippen LogP) is 1.51. The minimum Gasteiger partial charge on any atom is -0.343 e. The van der Waals surface area contributed by atoms with E-state index >= 15 is 0 Å². The van der Waals surface area contributed by atoms with Crippen LogP contribution >= 0.6 is 0 Å². The first-order valence-corrected chi connectivity index (χ1v) is 10.3. The Kier molecular flexibility index (Phi) is 5.52. The van der Waals surface area contributed by atoms with Crippen LogP contribution in [0.25, 0.3) is 5.52 Å². The number of nitrogens with zero attached hydrogens (tertiary/aromatic N) is 5. The monoisotopic (exact) mass is 410 g/mol. The molecule has 0 aliphatic carbocycles. The van der Waals surface area contributed by atoms with Crippen LogP contribution in [0.3, 0.4) is 0 Å². The second kappa shape index (κ2) is 8.25. The minimum atomic E-state index is -0.167. The van der Waals surface area contributed by atoms with Crippen molar-refractivity contribution in [2.75, 3.05) is 13.1 Å². The Hall–Kier alpha value is -3.23. The van der Waals surface area contributed by atoms with Gasteiger partial charge in [0.1, 0.15) is 11.3 Å². The van der Waals surface area contributed by atoms with Crippen molar-refractivity contribution in [2.24, 2.45) is 13.0 Å². The second-order valence-electron chi connectivity index (χ2n) is 8.02. The van der Waals surface area contributed by atoms with Gasteiger partial charge in [0.05, 0.1) is 11.8 Å². The Morgan fingerprint density at radius 1 is 1.23 bits per heavy atom. The Morgan fingerprint density at radius 2 is 2.00 bits per heavy atom. The average Bonchev–Trinajstić information content (AvgIpc) is 3.33. The summed E-state index contributed by atoms with van der Waals surface area (Å²) >= 11 is 0. The summed E-state index contributed by atoms with van der Waals surface area (Å²) in [6.45, 7) is 3.11. The average molecular weight is 410 g/mol. The van der Waals surface area contributed by atoms with E-state index in [2.05, 4.69) is 15.2 Å². The normalized spacial score (nSPS) is 15.1. The molecule has 1 saturated heterocycles. The summed E-state index contributed by atoms with van der Waals surface area (Å²) in [5, 5.41) is 8.48. The maximum absolute atomic E-state index is 12.6. The molecule has 1 fully saturated rings. The topological polar surface area (TPSA) is 105 Å². The fourth-order valence-electron chi connectivity index (χ4n) is 4.04. The zero-order chi connectivity index (χ0) is 21.3. The molecule has 9 nitrogen and oxygen atoms in total. The number of piperidine rings is 1. The summed E-state index contributed by atoms with van der Waals surface area (Å²) in [4.78, 5) is 41.9. The van der Waals surface area contributed by atoms with Gasteiger partial charge >= 0.3 is 0 Å².